The largest absolute Gasteiger partial charge is 0.384 e. The van der Waals surface area contributed by atoms with Gasteiger partial charge in [-0.3, -0.25) is 0 Å². The zero-order chi connectivity index (χ0) is 15.5. The molecule has 0 amide bonds. The molecule has 0 spiro atoms. The van der Waals surface area contributed by atoms with Gasteiger partial charge in [0.2, 0.25) is 0 Å². The summed E-state index contributed by atoms with van der Waals surface area (Å²) < 4.78 is 0. The van der Waals surface area contributed by atoms with Crippen LogP contribution in [0.3, 0.4) is 0 Å². The predicted molar refractivity (Wildman–Crippen MR) is 89.5 cm³/mol. The number of hydrogen-bond acceptors (Lipinski definition) is 3. The number of aryl methyl sites for hydroxylation is 1. The molecule has 0 saturated heterocycles. The summed E-state index contributed by atoms with van der Waals surface area (Å²) in [5, 5.41) is 0. The molecule has 4 heteroatoms. The molecule has 21 heavy (non-hydrogen) atoms. The number of rotatable bonds is 1. The maximum atomic E-state index is 5.68. The van der Waals surface area contributed by atoms with Crippen LogP contribution in [0.2, 0.25) is 0 Å². The van der Waals surface area contributed by atoms with Gasteiger partial charge in [0.15, 0.2) is 0 Å². The van der Waals surface area contributed by atoms with Crippen LogP contribution in [-0.2, 0) is 0 Å². The van der Waals surface area contributed by atoms with E-state index in [1.165, 1.54) is 5.56 Å². The quantitative estimate of drug-likeness (QED) is 0.573. The van der Waals surface area contributed by atoms with Crippen molar-refractivity contribution in [3.8, 4) is 0 Å². The van der Waals surface area contributed by atoms with E-state index in [1.54, 1.807) is 0 Å². The third-order valence-corrected chi connectivity index (χ3v) is 2.41. The van der Waals surface area contributed by atoms with Crippen molar-refractivity contribution in [2.75, 3.05) is 6.54 Å². The second-order valence-corrected chi connectivity index (χ2v) is 3.80. The predicted octanol–water partition coefficient (Wildman–Crippen LogP) is 3.91. The van der Waals surface area contributed by atoms with Gasteiger partial charge in [-0.15, -0.1) is 35.4 Å². The number of hydrogen-bond donors (Lipinski definition) is 1. The molecule has 0 unspecified atom stereocenters. The SMILES string of the molecule is CC.CC.CC1=NC(N)=CCN=C1c1[c-]cc(C)cc1.[U]. The molecule has 1 aliphatic heterocycles. The Kier molecular flexibility index (Phi) is 13.7. The van der Waals surface area contributed by atoms with Crippen LogP contribution >= 0.6 is 0 Å². The Morgan fingerprint density at radius 3 is 2.24 bits per heavy atom. The second-order valence-electron chi connectivity index (χ2n) is 3.80. The first kappa shape index (κ1) is 22.4. The third kappa shape index (κ3) is 7.64. The van der Waals surface area contributed by atoms with Crippen molar-refractivity contribution >= 4 is 11.4 Å². The van der Waals surface area contributed by atoms with Crippen molar-refractivity contribution in [1.29, 1.82) is 0 Å². The van der Waals surface area contributed by atoms with E-state index < -0.39 is 0 Å². The van der Waals surface area contributed by atoms with E-state index in [2.05, 4.69) is 16.1 Å². The summed E-state index contributed by atoms with van der Waals surface area (Å²) >= 11 is 0. The number of nitrogens with two attached hydrogens (primary N) is 1. The summed E-state index contributed by atoms with van der Waals surface area (Å²) in [5.74, 6) is 0.531. The number of aliphatic imine (C=N–C) groups is 2. The topological polar surface area (TPSA) is 50.7 Å². The van der Waals surface area contributed by atoms with Crippen LogP contribution in [0.1, 0.15) is 45.7 Å². The molecule has 0 saturated carbocycles. The van der Waals surface area contributed by atoms with E-state index in [1.807, 2.05) is 65.8 Å². The summed E-state index contributed by atoms with van der Waals surface area (Å²) in [5.41, 5.74) is 9.54. The first-order valence-corrected chi connectivity index (χ1v) is 7.21. The summed E-state index contributed by atoms with van der Waals surface area (Å²) in [7, 11) is 0. The summed E-state index contributed by atoms with van der Waals surface area (Å²) in [6.45, 7) is 12.5. The van der Waals surface area contributed by atoms with Gasteiger partial charge in [0.25, 0.3) is 0 Å². The maximum Gasteiger partial charge on any atom is 0.120 e. The molecule has 0 atom stereocenters. The zero-order valence-corrected chi connectivity index (χ0v) is 18.2. The van der Waals surface area contributed by atoms with Crippen molar-refractivity contribution in [3.05, 3.63) is 47.3 Å². The smallest absolute Gasteiger partial charge is 0.120 e. The van der Waals surface area contributed by atoms with Gasteiger partial charge in [0.05, 0.1) is 6.54 Å². The molecule has 1 aromatic carbocycles. The van der Waals surface area contributed by atoms with Gasteiger partial charge in [-0.2, -0.15) is 0 Å². The average Bonchev–Trinajstić information content (AvgIpc) is 2.65. The first-order valence-electron chi connectivity index (χ1n) is 7.21. The minimum Gasteiger partial charge on any atom is -0.384 e. The number of benzene rings is 1. The molecule has 1 aliphatic rings. The fourth-order valence-corrected chi connectivity index (χ4v) is 1.57. The van der Waals surface area contributed by atoms with Crippen LogP contribution in [0.5, 0.6) is 0 Å². The van der Waals surface area contributed by atoms with Gasteiger partial charge in [0, 0.05) is 42.5 Å². The van der Waals surface area contributed by atoms with E-state index >= 15 is 0 Å². The Labute approximate surface area is 153 Å². The van der Waals surface area contributed by atoms with Crippen molar-refractivity contribution in [2.24, 2.45) is 15.7 Å². The van der Waals surface area contributed by atoms with Crippen LogP contribution in [0.4, 0.5) is 0 Å². The van der Waals surface area contributed by atoms with Crippen molar-refractivity contribution < 1.29 is 31.1 Å². The van der Waals surface area contributed by atoms with Crippen LogP contribution < -0.4 is 5.73 Å². The van der Waals surface area contributed by atoms with Crippen LogP contribution in [0.15, 0.2) is 40.1 Å². The average molecular weight is 510 g/mol. The molecule has 0 aromatic heterocycles. The minimum absolute atomic E-state index is 0. The summed E-state index contributed by atoms with van der Waals surface area (Å²) in [6.07, 6.45) is 1.81. The second kappa shape index (κ2) is 12.9. The van der Waals surface area contributed by atoms with E-state index in [4.69, 9.17) is 5.73 Å². The van der Waals surface area contributed by atoms with E-state index in [0.717, 1.165) is 17.0 Å². The normalized spacial score (nSPS) is 12.8. The molecule has 114 valence electrons. The van der Waals surface area contributed by atoms with E-state index in [-0.39, 0.29) is 31.1 Å². The molecule has 1 aromatic rings. The Hall–Kier alpha value is -0.848. The van der Waals surface area contributed by atoms with Crippen LogP contribution in [0, 0.1) is 44.1 Å². The summed E-state index contributed by atoms with van der Waals surface area (Å²) in [4.78, 5) is 8.71. The van der Waals surface area contributed by atoms with Gasteiger partial charge < -0.3 is 10.7 Å². The van der Waals surface area contributed by atoms with Gasteiger partial charge in [-0.05, 0) is 13.0 Å². The van der Waals surface area contributed by atoms with Gasteiger partial charge in [0.1, 0.15) is 5.82 Å². The molecule has 2 N–H and O–H groups in total. The number of nitrogens with zero attached hydrogens (tertiary/aromatic N) is 2. The molecule has 0 fully saturated rings. The molecule has 0 aliphatic carbocycles. The Bertz CT molecular complexity index is 485. The van der Waals surface area contributed by atoms with Gasteiger partial charge in [-0.25, -0.2) is 4.99 Å². The molecular formula is C17H26N3U-. The standard InChI is InChI=1S/C13H14N3.2C2H6.U/c1-9-3-5-11(6-4-9)13-10(2)16-12(14)7-8-15-13;2*1-2;/h3-5,7H,8,14H2,1-2H3;2*1-2H3;/q-1;;;. The van der Waals surface area contributed by atoms with E-state index in [9.17, 15) is 0 Å². The molecule has 2 rings (SSSR count). The zero-order valence-electron chi connectivity index (χ0n) is 14.0. The Morgan fingerprint density at radius 2 is 1.71 bits per heavy atom. The fraction of sp³-hybridized carbons (Fsp3) is 0.412. The van der Waals surface area contributed by atoms with Crippen molar-refractivity contribution in [1.82, 2.24) is 0 Å². The Balaban J connectivity index is 0. The monoisotopic (exact) mass is 510 g/mol. The van der Waals surface area contributed by atoms with Crippen LogP contribution in [-0.4, -0.2) is 18.0 Å². The van der Waals surface area contributed by atoms with E-state index in [0.29, 0.717) is 12.4 Å². The molecule has 1 heterocycles. The summed E-state index contributed by atoms with van der Waals surface area (Å²) in [6, 6.07) is 9.21. The first-order chi connectivity index (χ1) is 9.66. The molecule has 0 bridgehead atoms. The Morgan fingerprint density at radius 1 is 1.10 bits per heavy atom. The molecular weight excluding hydrogens is 484 g/mol. The van der Waals surface area contributed by atoms with Gasteiger partial charge in [-0.1, -0.05) is 34.6 Å². The maximum absolute atomic E-state index is 5.68. The third-order valence-electron chi connectivity index (χ3n) is 2.41. The minimum atomic E-state index is 0. The molecule has 3 nitrogen and oxygen atoms in total. The molecule has 0 radical (unpaired) electrons. The van der Waals surface area contributed by atoms with Gasteiger partial charge >= 0.3 is 0 Å². The van der Waals surface area contributed by atoms with Crippen molar-refractivity contribution in [2.45, 2.75) is 41.5 Å². The fourth-order valence-electron chi connectivity index (χ4n) is 1.57. The van der Waals surface area contributed by atoms with Crippen LogP contribution in [0.25, 0.3) is 0 Å². The van der Waals surface area contributed by atoms with Crippen molar-refractivity contribution in [3.63, 3.8) is 0 Å².